The van der Waals surface area contributed by atoms with Gasteiger partial charge < -0.3 is 9.47 Å². The number of nitrogens with one attached hydrogen (secondary N) is 2. The molecule has 0 radical (unpaired) electrons. The Morgan fingerprint density at radius 1 is 0.700 bits per heavy atom. The molecular formula is C31H31ClN2O6. The zero-order valence-electron chi connectivity index (χ0n) is 22.3. The number of halogens is 1. The van der Waals surface area contributed by atoms with Crippen LogP contribution in [-0.2, 0) is 12.0 Å². The predicted octanol–water partition coefficient (Wildman–Crippen LogP) is 0.167. The summed E-state index contributed by atoms with van der Waals surface area (Å²) in [5.74, 6) is 2.59. The van der Waals surface area contributed by atoms with Gasteiger partial charge in [-0.15, -0.1) is 10.2 Å². The fourth-order valence-corrected chi connectivity index (χ4v) is 4.90. The molecule has 9 heteroatoms. The summed E-state index contributed by atoms with van der Waals surface area (Å²) in [4.78, 5) is 3.93. The number of rotatable bonds is 8. The minimum atomic E-state index is -4.94. The molecule has 0 unspecified atom stereocenters. The maximum absolute atomic E-state index is 8.49. The summed E-state index contributed by atoms with van der Waals surface area (Å²) in [7, 11) is -4.94. The molecule has 40 heavy (non-hydrogen) atoms. The Morgan fingerprint density at radius 3 is 1.80 bits per heavy atom. The van der Waals surface area contributed by atoms with E-state index in [0.29, 0.717) is 19.6 Å². The van der Waals surface area contributed by atoms with Gasteiger partial charge in [0, 0.05) is 11.1 Å². The monoisotopic (exact) mass is 562 g/mol. The molecule has 208 valence electrons. The summed E-state index contributed by atoms with van der Waals surface area (Å²) in [6.07, 6.45) is 0.697. The van der Waals surface area contributed by atoms with Crippen LogP contribution in [0.3, 0.4) is 0 Å². The van der Waals surface area contributed by atoms with E-state index in [1.807, 2.05) is 19.9 Å². The maximum Gasteiger partial charge on any atom is 0.253 e. The molecule has 2 N–H and O–H groups in total. The van der Waals surface area contributed by atoms with Gasteiger partial charge in [-0.05, 0) is 43.7 Å². The average molecular weight is 563 g/mol. The van der Waals surface area contributed by atoms with Gasteiger partial charge in [0.1, 0.15) is 5.69 Å². The van der Waals surface area contributed by atoms with Crippen molar-refractivity contribution in [3.05, 3.63) is 125 Å². The molecule has 4 aromatic carbocycles. The summed E-state index contributed by atoms with van der Waals surface area (Å²) < 4.78 is 45.6. The molecule has 0 fully saturated rings. The normalized spacial score (nSPS) is 13.6. The topological polar surface area (TPSA) is 137 Å². The van der Waals surface area contributed by atoms with Crippen molar-refractivity contribution < 1.29 is 43.3 Å². The number of anilines is 1. The van der Waals surface area contributed by atoms with Gasteiger partial charge in [0.15, 0.2) is 17.0 Å². The lowest BCUT2D eigenvalue weighted by molar-refractivity contribution is -2.00. The van der Waals surface area contributed by atoms with Crippen molar-refractivity contribution in [2.45, 2.75) is 25.8 Å². The minimum Gasteiger partial charge on any atom is -0.490 e. The fourth-order valence-electron chi connectivity index (χ4n) is 4.90. The molecule has 1 aliphatic heterocycles. The molecule has 0 bridgehead atoms. The van der Waals surface area contributed by atoms with Crippen LogP contribution in [0.1, 0.15) is 36.1 Å². The standard InChI is InChI=1S/C31H30N2O2.ClHO4/c1-3-34-28-20-19-23(21-29(28)35-4-2)22-30-32-27-18-12-11-17-26(27)31(33-30,24-13-7-5-8-14-24)25-15-9-6-10-16-25;2-1(3,4)5/h5-21H,3-4,22H2,1-2H3,(H,32,33);(H,2,3,4,5). The molecule has 8 nitrogen and oxygen atoms in total. The highest BCUT2D eigenvalue weighted by molar-refractivity contribution is 5.95. The summed E-state index contributed by atoms with van der Waals surface area (Å²) in [5.41, 5.74) is 5.31. The Hall–Kier alpha value is -3.92. The third kappa shape index (κ3) is 6.98. The fraction of sp³-hybridized carbons (Fsp3) is 0.194. The lowest BCUT2D eigenvalue weighted by Gasteiger charge is -2.34. The van der Waals surface area contributed by atoms with E-state index >= 15 is 0 Å². The smallest absolute Gasteiger partial charge is 0.253 e. The lowest BCUT2D eigenvalue weighted by Crippen LogP contribution is -2.89. The van der Waals surface area contributed by atoms with Gasteiger partial charge >= 0.3 is 0 Å². The van der Waals surface area contributed by atoms with Crippen LogP contribution in [0.5, 0.6) is 11.5 Å². The Kier molecular flexibility index (Phi) is 9.42. The molecule has 0 saturated heterocycles. The predicted molar refractivity (Wildman–Crippen MR) is 141 cm³/mol. The Balaban J connectivity index is 0.000000681. The Morgan fingerprint density at radius 2 is 1.23 bits per heavy atom. The first-order chi connectivity index (χ1) is 19.2. The summed E-state index contributed by atoms with van der Waals surface area (Å²) >= 11 is 0. The van der Waals surface area contributed by atoms with Gasteiger partial charge in [0.2, 0.25) is 0 Å². The first-order valence-corrected chi connectivity index (χ1v) is 14.1. The van der Waals surface area contributed by atoms with E-state index in [1.165, 1.54) is 16.7 Å². The van der Waals surface area contributed by atoms with Crippen molar-refractivity contribution in [3.8, 4) is 11.5 Å². The molecule has 0 aromatic heterocycles. The Bertz CT molecular complexity index is 1380. The summed E-state index contributed by atoms with van der Waals surface area (Å²) in [5, 5.41) is 3.66. The molecule has 0 spiro atoms. The third-order valence-corrected chi connectivity index (χ3v) is 6.36. The average Bonchev–Trinajstić information content (AvgIpc) is 2.94. The van der Waals surface area contributed by atoms with Crippen LogP contribution in [0.2, 0.25) is 0 Å². The summed E-state index contributed by atoms with van der Waals surface area (Å²) in [6.45, 7) is 5.18. The van der Waals surface area contributed by atoms with Crippen LogP contribution in [0.4, 0.5) is 5.69 Å². The van der Waals surface area contributed by atoms with Crippen LogP contribution in [0.15, 0.2) is 103 Å². The molecule has 5 rings (SSSR count). The van der Waals surface area contributed by atoms with Gasteiger partial charge in [0.25, 0.3) is 5.84 Å². The summed E-state index contributed by atoms with van der Waals surface area (Å²) in [6, 6.07) is 36.1. The zero-order valence-corrected chi connectivity index (χ0v) is 23.0. The highest BCUT2D eigenvalue weighted by Gasteiger charge is 2.44. The van der Waals surface area contributed by atoms with Gasteiger partial charge in [0.05, 0.1) is 25.2 Å². The van der Waals surface area contributed by atoms with Crippen LogP contribution in [-0.4, -0.2) is 19.0 Å². The van der Waals surface area contributed by atoms with Crippen LogP contribution >= 0.6 is 0 Å². The van der Waals surface area contributed by atoms with E-state index in [0.717, 1.165) is 28.6 Å². The largest absolute Gasteiger partial charge is 0.490 e. The molecule has 4 aromatic rings. The van der Waals surface area contributed by atoms with E-state index in [-0.39, 0.29) is 0 Å². The molecule has 1 aliphatic rings. The van der Waals surface area contributed by atoms with Gasteiger partial charge in [-0.1, -0.05) is 78.9 Å². The zero-order chi connectivity index (χ0) is 28.6. The molecule has 1 heterocycles. The van der Waals surface area contributed by atoms with Gasteiger partial charge in [-0.2, -0.15) is 0 Å². The Labute approximate surface area is 235 Å². The van der Waals surface area contributed by atoms with Crippen LogP contribution in [0, 0.1) is 10.2 Å². The first kappa shape index (κ1) is 29.1. The first-order valence-electron chi connectivity index (χ1n) is 12.9. The lowest BCUT2D eigenvalue weighted by atomic mass is 9.76. The van der Waals surface area contributed by atoms with E-state index in [4.69, 9.17) is 28.1 Å². The second-order valence-corrected chi connectivity index (χ2v) is 9.71. The van der Waals surface area contributed by atoms with Gasteiger partial charge in [-0.25, -0.2) is 24.0 Å². The van der Waals surface area contributed by atoms with E-state index in [1.54, 1.807) is 0 Å². The van der Waals surface area contributed by atoms with Crippen LogP contribution < -0.4 is 38.4 Å². The SMILES string of the molecule is CCOc1ccc(CC2=[NH+]C(c3ccccc3)(c3ccccc3)c3ccccc3N2)cc1OCC.[O-][Cl+3]([O-])([O-])[O-]. The number of para-hydroxylation sites is 1. The number of benzene rings is 4. The molecule has 0 aliphatic carbocycles. The number of fused-ring (bicyclic) bond motifs is 1. The van der Waals surface area contributed by atoms with Crippen molar-refractivity contribution in [3.63, 3.8) is 0 Å². The molecule has 0 amide bonds. The van der Waals surface area contributed by atoms with Crippen molar-refractivity contribution in [2.24, 2.45) is 0 Å². The van der Waals surface area contributed by atoms with E-state index in [9.17, 15) is 0 Å². The van der Waals surface area contributed by atoms with Crippen molar-refractivity contribution in [1.29, 1.82) is 0 Å². The van der Waals surface area contributed by atoms with Crippen LogP contribution in [0.25, 0.3) is 0 Å². The number of amidine groups is 1. The van der Waals surface area contributed by atoms with Crippen molar-refractivity contribution in [1.82, 2.24) is 0 Å². The second-order valence-electron chi connectivity index (χ2n) is 8.96. The highest BCUT2D eigenvalue weighted by atomic mass is 35.7. The highest BCUT2D eigenvalue weighted by Crippen LogP contribution is 2.38. The minimum absolute atomic E-state index is 0.520. The van der Waals surface area contributed by atoms with Gasteiger partial charge in [-0.3, -0.25) is 4.99 Å². The maximum atomic E-state index is 8.49. The number of ether oxygens (including phenoxy) is 2. The third-order valence-electron chi connectivity index (χ3n) is 6.36. The molecule has 0 atom stereocenters. The molecular weight excluding hydrogens is 532 g/mol. The van der Waals surface area contributed by atoms with E-state index in [2.05, 4.69) is 107 Å². The second kappa shape index (κ2) is 13.0. The molecule has 0 saturated carbocycles. The number of hydrogen-bond donors (Lipinski definition) is 2. The van der Waals surface area contributed by atoms with Crippen molar-refractivity contribution >= 4 is 11.5 Å². The quantitative estimate of drug-likeness (QED) is 0.312. The van der Waals surface area contributed by atoms with E-state index < -0.39 is 15.8 Å². The van der Waals surface area contributed by atoms with Crippen molar-refractivity contribution in [2.75, 3.05) is 18.5 Å². The number of hydrogen-bond acceptors (Lipinski definition) is 7.